The molecule has 0 spiro atoms. The normalized spacial score (nSPS) is 12.5. The molecule has 7 nitrogen and oxygen atoms in total. The van der Waals surface area contributed by atoms with Crippen LogP contribution in [0.2, 0.25) is 0 Å². The molecule has 0 saturated carbocycles. The number of aliphatic hydroxyl groups is 2. The molecule has 0 bridgehead atoms. The lowest BCUT2D eigenvalue weighted by Crippen LogP contribution is -2.20. The van der Waals surface area contributed by atoms with E-state index in [1.807, 2.05) is 0 Å². The van der Waals surface area contributed by atoms with Crippen molar-refractivity contribution in [3.8, 4) is 0 Å². The second kappa shape index (κ2) is 4.68. The van der Waals surface area contributed by atoms with E-state index in [0.29, 0.717) is 0 Å². The van der Waals surface area contributed by atoms with E-state index in [9.17, 15) is 4.79 Å². The lowest BCUT2D eigenvalue weighted by atomic mass is 10.4. The van der Waals surface area contributed by atoms with Gasteiger partial charge in [0.05, 0.1) is 26.4 Å². The molecule has 0 amide bonds. The Hall–Kier alpha value is -1.47. The number of aromatic nitrogens is 3. The van der Waals surface area contributed by atoms with Crippen molar-refractivity contribution >= 4 is 5.97 Å². The largest absolute Gasteiger partial charge is 0.463 e. The van der Waals surface area contributed by atoms with Gasteiger partial charge in [-0.2, -0.15) is 0 Å². The topological polar surface area (TPSA) is 97.5 Å². The highest BCUT2D eigenvalue weighted by atomic mass is 16.5. The Morgan fingerprint density at radius 2 is 2.50 bits per heavy atom. The van der Waals surface area contributed by atoms with E-state index in [2.05, 4.69) is 14.8 Å². The molecule has 0 aliphatic carbocycles. The first kappa shape index (κ1) is 10.6. The van der Waals surface area contributed by atoms with Crippen molar-refractivity contribution in [3.63, 3.8) is 0 Å². The Balaban J connectivity index is 2.63. The molecule has 1 unspecified atom stereocenters. The van der Waals surface area contributed by atoms with Crippen molar-refractivity contribution < 1.29 is 19.7 Å². The van der Waals surface area contributed by atoms with E-state index in [4.69, 9.17) is 10.2 Å². The molecule has 0 radical (unpaired) electrons. The van der Waals surface area contributed by atoms with Crippen molar-refractivity contribution in [2.75, 3.05) is 13.7 Å². The fourth-order valence-electron chi connectivity index (χ4n) is 0.841. The molecule has 7 heteroatoms. The summed E-state index contributed by atoms with van der Waals surface area (Å²) >= 11 is 0. The molecule has 0 aliphatic rings. The highest BCUT2D eigenvalue weighted by molar-refractivity contribution is 5.84. The number of esters is 1. The van der Waals surface area contributed by atoms with Crippen LogP contribution in [0, 0.1) is 0 Å². The summed E-state index contributed by atoms with van der Waals surface area (Å²) < 4.78 is 5.65. The highest BCUT2D eigenvalue weighted by Gasteiger charge is 2.12. The van der Waals surface area contributed by atoms with Gasteiger partial charge in [0.1, 0.15) is 6.33 Å². The quantitative estimate of drug-likeness (QED) is 0.570. The summed E-state index contributed by atoms with van der Waals surface area (Å²) in [5, 5.41) is 21.3. The summed E-state index contributed by atoms with van der Waals surface area (Å²) in [5.41, 5.74) is 0. The van der Waals surface area contributed by atoms with Crippen molar-refractivity contribution in [3.05, 3.63) is 12.2 Å². The van der Waals surface area contributed by atoms with Crippen LogP contribution < -0.4 is 0 Å². The number of carbonyl (C=O) groups is 1. The average Bonchev–Trinajstić information content (AvgIpc) is 2.65. The molecule has 1 atom stereocenters. The molecular formula is C7H11N3O4. The lowest BCUT2D eigenvalue weighted by molar-refractivity contribution is 0.0582. The van der Waals surface area contributed by atoms with Gasteiger partial charge < -0.3 is 14.9 Å². The lowest BCUT2D eigenvalue weighted by Gasteiger charge is -2.04. The van der Waals surface area contributed by atoms with Crippen LogP contribution in [0.15, 0.2) is 6.33 Å². The number of aliphatic hydroxyl groups excluding tert-OH is 2. The number of carbonyl (C=O) groups excluding carboxylic acids is 1. The average molecular weight is 201 g/mol. The van der Waals surface area contributed by atoms with E-state index in [-0.39, 0.29) is 19.0 Å². The van der Waals surface area contributed by atoms with Crippen LogP contribution in [0.3, 0.4) is 0 Å². The Morgan fingerprint density at radius 3 is 3.07 bits per heavy atom. The number of ether oxygens (including phenoxy) is 1. The predicted octanol–water partition coefficient (Wildman–Crippen LogP) is -1.58. The van der Waals surface area contributed by atoms with Crippen molar-refractivity contribution in [1.82, 2.24) is 14.8 Å². The molecule has 78 valence electrons. The number of rotatable bonds is 4. The molecule has 14 heavy (non-hydrogen) atoms. The number of methoxy groups -OCH3 is 1. The van der Waals surface area contributed by atoms with Gasteiger partial charge in [-0.25, -0.2) is 14.5 Å². The number of nitrogens with zero attached hydrogens (tertiary/aromatic N) is 3. The van der Waals surface area contributed by atoms with Gasteiger partial charge in [-0.05, 0) is 0 Å². The Kier molecular flexibility index (Phi) is 3.55. The predicted molar refractivity (Wildman–Crippen MR) is 44.5 cm³/mol. The van der Waals surface area contributed by atoms with Crippen molar-refractivity contribution in [2.45, 2.75) is 12.6 Å². The second-order valence-corrected chi connectivity index (χ2v) is 2.62. The molecule has 1 rings (SSSR count). The summed E-state index contributed by atoms with van der Waals surface area (Å²) in [6, 6.07) is 0. The van der Waals surface area contributed by atoms with Crippen LogP contribution in [0.1, 0.15) is 10.6 Å². The monoisotopic (exact) mass is 201 g/mol. The van der Waals surface area contributed by atoms with E-state index in [1.165, 1.54) is 18.1 Å². The van der Waals surface area contributed by atoms with E-state index in [0.717, 1.165) is 0 Å². The van der Waals surface area contributed by atoms with Crippen LogP contribution in [-0.2, 0) is 11.3 Å². The minimum absolute atomic E-state index is 0.0716. The maximum atomic E-state index is 10.9. The molecule has 0 saturated heterocycles. The van der Waals surface area contributed by atoms with Crippen molar-refractivity contribution in [2.24, 2.45) is 0 Å². The first-order valence-corrected chi connectivity index (χ1v) is 3.94. The Bertz CT molecular complexity index is 312. The smallest absolute Gasteiger partial charge is 0.377 e. The SMILES string of the molecule is COC(=O)c1ncn(CC(O)CO)n1. The Morgan fingerprint density at radius 1 is 1.79 bits per heavy atom. The fraction of sp³-hybridized carbons (Fsp3) is 0.571. The van der Waals surface area contributed by atoms with Crippen LogP contribution >= 0.6 is 0 Å². The zero-order valence-electron chi connectivity index (χ0n) is 7.62. The molecule has 1 aromatic rings. The summed E-state index contributed by atoms with van der Waals surface area (Å²) in [7, 11) is 1.23. The summed E-state index contributed by atoms with van der Waals surface area (Å²) in [6.07, 6.45) is 0.368. The van der Waals surface area contributed by atoms with Crippen molar-refractivity contribution in [1.29, 1.82) is 0 Å². The first-order chi connectivity index (χ1) is 6.67. The Labute approximate surface area is 79.9 Å². The molecule has 0 aromatic carbocycles. The van der Waals surface area contributed by atoms with E-state index < -0.39 is 12.1 Å². The van der Waals surface area contributed by atoms with Gasteiger partial charge >= 0.3 is 5.97 Å². The molecular weight excluding hydrogens is 190 g/mol. The van der Waals surface area contributed by atoms with Crippen LogP contribution in [0.4, 0.5) is 0 Å². The zero-order valence-corrected chi connectivity index (χ0v) is 7.62. The van der Waals surface area contributed by atoms with Gasteiger partial charge in [-0.15, -0.1) is 5.10 Å². The minimum Gasteiger partial charge on any atom is -0.463 e. The molecule has 1 heterocycles. The molecule has 0 fully saturated rings. The van der Waals surface area contributed by atoms with Gasteiger partial charge in [-0.1, -0.05) is 0 Å². The fourth-order valence-corrected chi connectivity index (χ4v) is 0.841. The van der Waals surface area contributed by atoms with Gasteiger partial charge in [0, 0.05) is 0 Å². The van der Waals surface area contributed by atoms with Gasteiger partial charge in [0.15, 0.2) is 0 Å². The van der Waals surface area contributed by atoms with Crippen LogP contribution in [-0.4, -0.2) is 50.8 Å². The van der Waals surface area contributed by atoms with E-state index >= 15 is 0 Å². The minimum atomic E-state index is -0.915. The van der Waals surface area contributed by atoms with Crippen LogP contribution in [0.25, 0.3) is 0 Å². The molecule has 0 aliphatic heterocycles. The molecule has 2 N–H and O–H groups in total. The van der Waals surface area contributed by atoms with Gasteiger partial charge in [0.2, 0.25) is 0 Å². The second-order valence-electron chi connectivity index (χ2n) is 2.62. The number of hydrogen-bond acceptors (Lipinski definition) is 6. The van der Waals surface area contributed by atoms with E-state index in [1.54, 1.807) is 0 Å². The summed E-state index contributed by atoms with van der Waals surface area (Å²) in [4.78, 5) is 14.6. The summed E-state index contributed by atoms with van der Waals surface area (Å²) in [6.45, 7) is -0.284. The maximum Gasteiger partial charge on any atom is 0.377 e. The molecule has 1 aromatic heterocycles. The maximum absolute atomic E-state index is 10.9. The standard InChI is InChI=1S/C7H11N3O4/c1-14-7(13)6-8-4-10(9-6)2-5(12)3-11/h4-5,11-12H,2-3H2,1H3. The zero-order chi connectivity index (χ0) is 10.6. The van der Waals surface area contributed by atoms with Crippen LogP contribution in [0.5, 0.6) is 0 Å². The third-order valence-electron chi connectivity index (χ3n) is 1.51. The summed E-state index contributed by atoms with van der Waals surface area (Å²) in [5.74, 6) is -0.708. The first-order valence-electron chi connectivity index (χ1n) is 3.94. The highest BCUT2D eigenvalue weighted by Crippen LogP contribution is 1.94. The number of hydrogen-bond donors (Lipinski definition) is 2. The third-order valence-corrected chi connectivity index (χ3v) is 1.51. The van der Waals surface area contributed by atoms with Gasteiger partial charge in [-0.3, -0.25) is 0 Å². The third kappa shape index (κ3) is 2.51. The van der Waals surface area contributed by atoms with Gasteiger partial charge in [0.25, 0.3) is 5.82 Å².